The van der Waals surface area contributed by atoms with Crippen LogP contribution in [0.4, 0.5) is 13.2 Å². The lowest BCUT2D eigenvalue weighted by Gasteiger charge is -2.15. The van der Waals surface area contributed by atoms with E-state index < -0.39 is 30.3 Å². The van der Waals surface area contributed by atoms with Crippen molar-refractivity contribution in [3.63, 3.8) is 0 Å². The minimum atomic E-state index is -4.72. The van der Waals surface area contributed by atoms with Crippen LogP contribution in [0.1, 0.15) is 13.3 Å². The maximum absolute atomic E-state index is 12.1. The summed E-state index contributed by atoms with van der Waals surface area (Å²) in [7, 11) is 0.848. The fraction of sp³-hybridized carbons (Fsp3) is 0.714. The van der Waals surface area contributed by atoms with Gasteiger partial charge in [0.2, 0.25) is 0 Å². The van der Waals surface area contributed by atoms with Crippen LogP contribution in [0.25, 0.3) is 0 Å². The Morgan fingerprint density at radius 1 is 1.38 bits per heavy atom. The second-order valence-electron chi connectivity index (χ2n) is 2.52. The first-order chi connectivity index (χ1) is 5.79. The van der Waals surface area contributed by atoms with Crippen molar-refractivity contribution in [3.05, 3.63) is 0 Å². The molecular formula is C7H9F3O3. The Labute approximate surface area is 72.9 Å². The minimum Gasteiger partial charge on any atom is -0.469 e. The molecule has 0 aromatic carbocycles. The van der Waals surface area contributed by atoms with Crippen molar-refractivity contribution in [2.24, 2.45) is 5.92 Å². The van der Waals surface area contributed by atoms with E-state index in [-0.39, 0.29) is 0 Å². The van der Waals surface area contributed by atoms with Gasteiger partial charge >= 0.3 is 12.1 Å². The molecule has 0 amide bonds. The predicted molar refractivity (Wildman–Crippen MR) is 36.9 cm³/mol. The van der Waals surface area contributed by atoms with Crippen LogP contribution in [-0.2, 0) is 14.3 Å². The van der Waals surface area contributed by atoms with Gasteiger partial charge in [0.1, 0.15) is 5.78 Å². The van der Waals surface area contributed by atoms with E-state index in [1.807, 2.05) is 0 Å². The van der Waals surface area contributed by atoms with Crippen LogP contribution in [0.3, 0.4) is 0 Å². The Balaban J connectivity index is 4.56. The Hall–Kier alpha value is -1.07. The van der Waals surface area contributed by atoms with Gasteiger partial charge in [-0.05, 0) is 6.92 Å². The van der Waals surface area contributed by atoms with Crippen LogP contribution in [-0.4, -0.2) is 25.0 Å². The topological polar surface area (TPSA) is 43.4 Å². The van der Waals surface area contributed by atoms with Crippen LogP contribution < -0.4 is 0 Å². The lowest BCUT2D eigenvalue weighted by atomic mass is 10.0. The van der Waals surface area contributed by atoms with Crippen molar-refractivity contribution in [3.8, 4) is 0 Å². The fourth-order valence-corrected chi connectivity index (χ4v) is 0.762. The highest BCUT2D eigenvalue weighted by atomic mass is 19.4. The van der Waals surface area contributed by atoms with Gasteiger partial charge in [-0.25, -0.2) is 0 Å². The molecule has 0 aliphatic carbocycles. The smallest absolute Gasteiger partial charge is 0.402 e. The summed E-state index contributed by atoms with van der Waals surface area (Å²) >= 11 is 0. The van der Waals surface area contributed by atoms with Gasteiger partial charge in [-0.1, -0.05) is 0 Å². The SMILES string of the molecule is COC(=O)[C@H](CC(C)=O)C(F)(F)F. The predicted octanol–water partition coefficient (Wildman–Crippen LogP) is 1.32. The molecule has 0 aromatic rings. The molecule has 0 aromatic heterocycles. The third-order valence-electron chi connectivity index (χ3n) is 1.37. The van der Waals surface area contributed by atoms with Gasteiger partial charge in [-0.2, -0.15) is 13.2 Å². The van der Waals surface area contributed by atoms with Gasteiger partial charge in [0.05, 0.1) is 7.11 Å². The Bertz CT molecular complexity index is 210. The number of halogens is 3. The number of carbonyl (C=O) groups is 2. The van der Waals surface area contributed by atoms with Gasteiger partial charge < -0.3 is 4.74 Å². The number of ether oxygens (including phenoxy) is 1. The molecule has 0 rings (SSSR count). The highest BCUT2D eigenvalue weighted by Gasteiger charge is 2.46. The zero-order valence-electron chi connectivity index (χ0n) is 7.14. The zero-order valence-corrected chi connectivity index (χ0v) is 7.14. The number of hydrogen-bond donors (Lipinski definition) is 0. The monoisotopic (exact) mass is 198 g/mol. The van der Waals surface area contributed by atoms with Crippen molar-refractivity contribution >= 4 is 11.8 Å². The lowest BCUT2D eigenvalue weighted by Crippen LogP contribution is -2.33. The molecule has 0 saturated carbocycles. The maximum atomic E-state index is 12.1. The first-order valence-electron chi connectivity index (χ1n) is 3.43. The minimum absolute atomic E-state index is 0.701. The number of ketones is 1. The van der Waals surface area contributed by atoms with E-state index in [0.29, 0.717) is 0 Å². The molecule has 0 radical (unpaired) electrons. The number of Topliss-reactive ketones (excluding diaryl/α,β-unsaturated/α-hetero) is 1. The van der Waals surface area contributed by atoms with Crippen molar-refractivity contribution in [1.29, 1.82) is 0 Å². The largest absolute Gasteiger partial charge is 0.469 e. The lowest BCUT2D eigenvalue weighted by molar-refractivity contribution is -0.197. The van der Waals surface area contributed by atoms with Gasteiger partial charge in [-0.3, -0.25) is 9.59 Å². The molecule has 0 fully saturated rings. The molecule has 13 heavy (non-hydrogen) atoms. The molecule has 6 heteroatoms. The van der Waals surface area contributed by atoms with Crippen molar-refractivity contribution in [1.82, 2.24) is 0 Å². The Kier molecular flexibility index (Phi) is 3.90. The first-order valence-corrected chi connectivity index (χ1v) is 3.43. The van der Waals surface area contributed by atoms with E-state index in [2.05, 4.69) is 4.74 Å². The second kappa shape index (κ2) is 4.25. The number of hydrogen-bond acceptors (Lipinski definition) is 3. The van der Waals surface area contributed by atoms with Crippen LogP contribution in [0.15, 0.2) is 0 Å². The van der Waals surface area contributed by atoms with Crippen molar-refractivity contribution < 1.29 is 27.5 Å². The molecule has 76 valence electrons. The molecule has 0 bridgehead atoms. The zero-order chi connectivity index (χ0) is 10.6. The van der Waals surface area contributed by atoms with E-state index in [0.717, 1.165) is 14.0 Å². The van der Waals surface area contributed by atoms with E-state index in [4.69, 9.17) is 0 Å². The number of esters is 1. The highest BCUT2D eigenvalue weighted by Crippen LogP contribution is 2.29. The van der Waals surface area contributed by atoms with Gasteiger partial charge in [0.15, 0.2) is 5.92 Å². The molecular weight excluding hydrogens is 189 g/mol. The van der Waals surface area contributed by atoms with Crippen LogP contribution in [0, 0.1) is 5.92 Å². The number of alkyl halides is 3. The molecule has 0 N–H and O–H groups in total. The molecule has 0 spiro atoms. The summed E-state index contributed by atoms with van der Waals surface area (Å²) in [6, 6.07) is 0. The van der Waals surface area contributed by atoms with E-state index in [1.54, 1.807) is 0 Å². The molecule has 0 unspecified atom stereocenters. The fourth-order valence-electron chi connectivity index (χ4n) is 0.762. The summed E-state index contributed by atoms with van der Waals surface area (Å²) in [4.78, 5) is 21.0. The molecule has 0 saturated heterocycles. The summed E-state index contributed by atoms with van der Waals surface area (Å²) in [6.45, 7) is 0.988. The number of rotatable bonds is 3. The van der Waals surface area contributed by atoms with Crippen molar-refractivity contribution in [2.75, 3.05) is 7.11 Å². The number of methoxy groups -OCH3 is 1. The average Bonchev–Trinajstić information content (AvgIpc) is 1.96. The van der Waals surface area contributed by atoms with Gasteiger partial charge in [0, 0.05) is 6.42 Å². The second-order valence-corrected chi connectivity index (χ2v) is 2.52. The van der Waals surface area contributed by atoms with Crippen LogP contribution in [0.2, 0.25) is 0 Å². The summed E-state index contributed by atoms with van der Waals surface area (Å²) < 4.78 is 40.1. The van der Waals surface area contributed by atoms with E-state index in [1.165, 1.54) is 0 Å². The summed E-state index contributed by atoms with van der Waals surface area (Å²) in [5.74, 6) is -4.47. The summed E-state index contributed by atoms with van der Waals surface area (Å²) in [5, 5.41) is 0. The maximum Gasteiger partial charge on any atom is 0.402 e. The molecule has 0 heterocycles. The van der Waals surface area contributed by atoms with Gasteiger partial charge in [0.25, 0.3) is 0 Å². The normalized spacial score (nSPS) is 13.6. The third kappa shape index (κ3) is 3.91. The first kappa shape index (κ1) is 11.9. The number of carbonyl (C=O) groups excluding carboxylic acids is 2. The van der Waals surface area contributed by atoms with Crippen LogP contribution in [0.5, 0.6) is 0 Å². The highest BCUT2D eigenvalue weighted by molar-refractivity contribution is 5.83. The summed E-state index contributed by atoms with van der Waals surface area (Å²) in [5.41, 5.74) is 0. The molecule has 0 aliphatic rings. The quantitative estimate of drug-likeness (QED) is 0.642. The van der Waals surface area contributed by atoms with E-state index >= 15 is 0 Å². The Morgan fingerprint density at radius 3 is 2.08 bits per heavy atom. The standard InChI is InChI=1S/C7H9F3O3/c1-4(11)3-5(6(12)13-2)7(8,9)10/h5H,3H2,1-2H3/t5-/m0/s1. The molecule has 1 atom stereocenters. The summed E-state index contributed by atoms with van der Waals surface area (Å²) in [6.07, 6.45) is -5.59. The Morgan fingerprint density at radius 2 is 1.85 bits per heavy atom. The van der Waals surface area contributed by atoms with Crippen LogP contribution >= 0.6 is 0 Å². The van der Waals surface area contributed by atoms with Gasteiger partial charge in [-0.15, -0.1) is 0 Å². The third-order valence-corrected chi connectivity index (χ3v) is 1.37. The molecule has 0 aliphatic heterocycles. The average molecular weight is 198 g/mol. The molecule has 3 nitrogen and oxygen atoms in total. The van der Waals surface area contributed by atoms with E-state index in [9.17, 15) is 22.8 Å². The van der Waals surface area contributed by atoms with Crippen molar-refractivity contribution in [2.45, 2.75) is 19.5 Å².